The second-order valence-electron chi connectivity index (χ2n) is 6.90. The van der Waals surface area contributed by atoms with E-state index in [1.807, 2.05) is 6.92 Å². The molecule has 0 radical (unpaired) electrons. The van der Waals surface area contributed by atoms with Gasteiger partial charge in [0.05, 0.1) is 11.5 Å². The van der Waals surface area contributed by atoms with Gasteiger partial charge in [0.2, 0.25) is 0 Å². The number of ether oxygens (including phenoxy) is 2. The zero-order chi connectivity index (χ0) is 20.3. The lowest BCUT2D eigenvalue weighted by Crippen LogP contribution is -2.26. The van der Waals surface area contributed by atoms with E-state index in [2.05, 4.69) is 33.6 Å². The molecular weight excluding hydrogens is 324 g/mol. The Morgan fingerprint density at radius 1 is 0.885 bits per heavy atom. The molecule has 0 saturated carbocycles. The fourth-order valence-corrected chi connectivity index (χ4v) is 2.44. The lowest BCUT2D eigenvalue weighted by atomic mass is 10.1. The first kappa shape index (κ1) is 27.2. The summed E-state index contributed by atoms with van der Waals surface area (Å²) in [5.74, 6) is 0.763. The minimum Gasteiger partial charge on any atom is -0.467 e. The lowest BCUT2D eigenvalue weighted by molar-refractivity contribution is -0.183. The fourth-order valence-electron chi connectivity index (χ4n) is 2.44. The normalized spacial score (nSPS) is 12.5. The van der Waals surface area contributed by atoms with Gasteiger partial charge in [-0.25, -0.2) is 0 Å². The summed E-state index contributed by atoms with van der Waals surface area (Å²) in [4.78, 5) is 0. The van der Waals surface area contributed by atoms with Gasteiger partial charge in [-0.05, 0) is 26.7 Å². The van der Waals surface area contributed by atoms with Crippen molar-refractivity contribution in [1.82, 2.24) is 0 Å². The van der Waals surface area contributed by atoms with Gasteiger partial charge in [0.1, 0.15) is 0 Å². The van der Waals surface area contributed by atoms with Crippen LogP contribution in [-0.4, -0.2) is 17.5 Å². The van der Waals surface area contributed by atoms with Gasteiger partial charge in [-0.3, -0.25) is 0 Å². The van der Waals surface area contributed by atoms with E-state index in [9.17, 15) is 5.11 Å². The van der Waals surface area contributed by atoms with Gasteiger partial charge in [0, 0.05) is 25.9 Å². The van der Waals surface area contributed by atoms with E-state index in [1.165, 1.54) is 51.4 Å². The Bertz CT molecular complexity index is 336. The van der Waals surface area contributed by atoms with Crippen molar-refractivity contribution in [2.24, 2.45) is 0 Å². The highest BCUT2D eigenvalue weighted by molar-refractivity contribution is 4.93. The van der Waals surface area contributed by atoms with Gasteiger partial charge in [0.25, 0.3) is 0 Å². The third kappa shape index (κ3) is 21.0. The Morgan fingerprint density at radius 2 is 1.35 bits per heavy atom. The monoisotopic (exact) mass is 368 g/mol. The van der Waals surface area contributed by atoms with Crippen LogP contribution >= 0.6 is 0 Å². The van der Waals surface area contributed by atoms with Gasteiger partial charge in [0.15, 0.2) is 5.79 Å². The van der Waals surface area contributed by atoms with Crippen LogP contribution < -0.4 is 0 Å². The maximum Gasteiger partial charge on any atom is 0.166 e. The number of rotatable bonds is 16. The molecule has 154 valence electrons. The molecule has 0 aliphatic rings. The van der Waals surface area contributed by atoms with Crippen LogP contribution in [0.5, 0.6) is 0 Å². The predicted molar refractivity (Wildman–Crippen MR) is 114 cm³/mol. The standard InChI is InChI=1S/C16H30O.C7H14O2/c1-5-7-9-11-13-15(3)17-16(4)14-12-10-8-6-2;1-4-6-7(3,8)9-5-2/h3-14H2,1-2H3;4,8H,1,5-6H2,2-3H3. The highest BCUT2D eigenvalue weighted by atomic mass is 16.6. The second kappa shape index (κ2) is 18.7. The van der Waals surface area contributed by atoms with Gasteiger partial charge < -0.3 is 14.6 Å². The molecule has 0 amide bonds. The number of unbranched alkanes of at least 4 members (excludes halogenated alkanes) is 6. The molecule has 0 aromatic heterocycles. The van der Waals surface area contributed by atoms with Crippen molar-refractivity contribution in [3.8, 4) is 0 Å². The van der Waals surface area contributed by atoms with Crippen molar-refractivity contribution in [1.29, 1.82) is 0 Å². The van der Waals surface area contributed by atoms with Gasteiger partial charge in [-0.2, -0.15) is 0 Å². The average Bonchev–Trinajstić information content (AvgIpc) is 2.56. The summed E-state index contributed by atoms with van der Waals surface area (Å²) in [6, 6.07) is 0. The smallest absolute Gasteiger partial charge is 0.166 e. The molecule has 1 N–H and O–H groups in total. The highest BCUT2D eigenvalue weighted by Gasteiger charge is 2.16. The second-order valence-corrected chi connectivity index (χ2v) is 6.90. The van der Waals surface area contributed by atoms with E-state index in [0.29, 0.717) is 13.0 Å². The molecule has 0 aromatic carbocycles. The van der Waals surface area contributed by atoms with E-state index in [1.54, 1.807) is 13.0 Å². The van der Waals surface area contributed by atoms with E-state index < -0.39 is 5.79 Å². The quantitative estimate of drug-likeness (QED) is 0.135. The first-order chi connectivity index (χ1) is 12.3. The van der Waals surface area contributed by atoms with Crippen molar-refractivity contribution in [2.75, 3.05) is 6.61 Å². The van der Waals surface area contributed by atoms with Crippen molar-refractivity contribution >= 4 is 0 Å². The number of hydrogen-bond acceptors (Lipinski definition) is 3. The lowest BCUT2D eigenvalue weighted by Gasteiger charge is -2.20. The van der Waals surface area contributed by atoms with Gasteiger partial charge in [-0.1, -0.05) is 71.6 Å². The van der Waals surface area contributed by atoms with Crippen LogP contribution in [0.1, 0.15) is 98.3 Å². The predicted octanol–water partition coefficient (Wildman–Crippen LogP) is 7.28. The van der Waals surface area contributed by atoms with Crippen molar-refractivity contribution in [3.05, 3.63) is 37.3 Å². The van der Waals surface area contributed by atoms with Crippen LogP contribution in [0.15, 0.2) is 37.3 Å². The maximum atomic E-state index is 9.22. The molecule has 26 heavy (non-hydrogen) atoms. The van der Waals surface area contributed by atoms with E-state index >= 15 is 0 Å². The summed E-state index contributed by atoms with van der Waals surface area (Å²) in [6.07, 6.45) is 14.2. The van der Waals surface area contributed by atoms with Crippen LogP contribution in [-0.2, 0) is 9.47 Å². The van der Waals surface area contributed by atoms with E-state index in [-0.39, 0.29) is 0 Å². The Kier molecular flexibility index (Phi) is 19.6. The number of allylic oxidation sites excluding steroid dienone is 2. The van der Waals surface area contributed by atoms with Crippen molar-refractivity contribution < 1.29 is 14.6 Å². The van der Waals surface area contributed by atoms with Gasteiger partial charge in [-0.15, -0.1) is 6.58 Å². The third-order valence-corrected chi connectivity index (χ3v) is 3.89. The molecule has 3 nitrogen and oxygen atoms in total. The maximum absolute atomic E-state index is 9.22. The Hall–Kier alpha value is -1.06. The minimum atomic E-state index is -1.02. The summed E-state index contributed by atoms with van der Waals surface area (Å²) in [6.45, 7) is 19.8. The zero-order valence-electron chi connectivity index (χ0n) is 17.9. The topological polar surface area (TPSA) is 38.7 Å². The Labute approximate surface area is 163 Å². The van der Waals surface area contributed by atoms with Crippen LogP contribution in [0.25, 0.3) is 0 Å². The van der Waals surface area contributed by atoms with Crippen LogP contribution in [0.4, 0.5) is 0 Å². The van der Waals surface area contributed by atoms with Crippen LogP contribution in [0.2, 0.25) is 0 Å². The molecular formula is C23H44O3. The van der Waals surface area contributed by atoms with Gasteiger partial charge >= 0.3 is 0 Å². The average molecular weight is 369 g/mol. The summed E-state index contributed by atoms with van der Waals surface area (Å²) in [5.41, 5.74) is 0. The minimum absolute atomic E-state index is 0.473. The fraction of sp³-hybridized carbons (Fsp3) is 0.739. The summed E-state index contributed by atoms with van der Waals surface area (Å²) in [7, 11) is 0. The molecule has 0 fully saturated rings. The molecule has 0 spiro atoms. The highest BCUT2D eigenvalue weighted by Crippen LogP contribution is 2.16. The Morgan fingerprint density at radius 3 is 1.69 bits per heavy atom. The largest absolute Gasteiger partial charge is 0.467 e. The van der Waals surface area contributed by atoms with Crippen molar-refractivity contribution in [2.45, 2.75) is 104 Å². The molecule has 0 aromatic rings. The van der Waals surface area contributed by atoms with E-state index in [0.717, 1.165) is 24.4 Å². The summed E-state index contributed by atoms with van der Waals surface area (Å²) in [5, 5.41) is 9.22. The molecule has 0 bridgehead atoms. The molecule has 0 saturated heterocycles. The molecule has 1 atom stereocenters. The van der Waals surface area contributed by atoms with Crippen LogP contribution in [0, 0.1) is 0 Å². The molecule has 0 aliphatic heterocycles. The summed E-state index contributed by atoms with van der Waals surface area (Å²) >= 11 is 0. The van der Waals surface area contributed by atoms with Crippen LogP contribution in [0.3, 0.4) is 0 Å². The first-order valence-corrected chi connectivity index (χ1v) is 10.3. The summed E-state index contributed by atoms with van der Waals surface area (Å²) < 4.78 is 10.6. The van der Waals surface area contributed by atoms with Crippen molar-refractivity contribution in [3.63, 3.8) is 0 Å². The SMILES string of the molecule is C=C(CCCCCC)OC(=C)CCCCCC.C=CCC(C)(O)OCC. The number of aliphatic hydroxyl groups is 1. The number of hydrogen-bond donors (Lipinski definition) is 1. The van der Waals surface area contributed by atoms with E-state index in [4.69, 9.17) is 9.47 Å². The molecule has 0 rings (SSSR count). The molecule has 1 unspecified atom stereocenters. The first-order valence-electron chi connectivity index (χ1n) is 10.3. The molecule has 3 heteroatoms. The molecule has 0 aliphatic carbocycles. The Balaban J connectivity index is 0. The zero-order valence-corrected chi connectivity index (χ0v) is 17.9. The third-order valence-electron chi connectivity index (χ3n) is 3.89. The molecule has 0 heterocycles.